The number of alkyl halides is 8. The quantitative estimate of drug-likeness (QED) is 0.503. The highest BCUT2D eigenvalue weighted by atomic mass is 19.4. The number of rotatable bonds is 0. The lowest BCUT2D eigenvalue weighted by molar-refractivity contribution is -0.356. The molecule has 12 heteroatoms. The molecular weight excluding hydrogens is 312 g/mol. The third-order valence-corrected chi connectivity index (χ3v) is 2.25. The van der Waals surface area contributed by atoms with Crippen molar-refractivity contribution in [3.8, 4) is 0 Å². The summed E-state index contributed by atoms with van der Waals surface area (Å²) < 4.78 is 110. The first-order valence-electron chi connectivity index (χ1n) is 4.66. The van der Waals surface area contributed by atoms with Crippen LogP contribution in [0.1, 0.15) is 0 Å². The summed E-state index contributed by atoms with van der Waals surface area (Å²) in [5.41, 5.74) is 0. The Bertz CT molecular complexity index is 392. The normalized spacial score (nSPS) is 28.2. The van der Waals surface area contributed by atoms with Crippen LogP contribution in [0.5, 0.6) is 0 Å². The Morgan fingerprint density at radius 3 is 1.15 bits per heavy atom. The summed E-state index contributed by atoms with van der Waals surface area (Å²) in [6, 6.07) is 0. The monoisotopic (exact) mass is 316 g/mol. The molecule has 0 unspecified atom stereocenters. The molecule has 0 bridgehead atoms. The molecule has 1 aliphatic heterocycles. The highest BCUT2D eigenvalue weighted by Crippen LogP contribution is 2.53. The van der Waals surface area contributed by atoms with Crippen LogP contribution in [0.4, 0.5) is 35.1 Å². The second-order valence-corrected chi connectivity index (χ2v) is 3.57. The summed E-state index contributed by atoms with van der Waals surface area (Å²) in [6.45, 7) is -2.56. The molecule has 0 N–H and O–H groups in total. The maximum Gasteiger partial charge on any atom is 0.411 e. The standard InChI is InChI=1S/C8H4F8O4/c9-5(10)3(17)19-1-2-20-4(18)6(11,12)8(15,16)7(5,13)14/h1-2H2. The minimum Gasteiger partial charge on any atom is -0.457 e. The number of carbonyl (C=O) groups is 2. The Morgan fingerprint density at radius 1 is 0.650 bits per heavy atom. The Balaban J connectivity index is 3.45. The molecule has 116 valence electrons. The van der Waals surface area contributed by atoms with Crippen LogP contribution in [0.15, 0.2) is 0 Å². The largest absolute Gasteiger partial charge is 0.457 e. The van der Waals surface area contributed by atoms with E-state index in [4.69, 9.17) is 0 Å². The topological polar surface area (TPSA) is 52.6 Å². The third kappa shape index (κ3) is 1.97. The smallest absolute Gasteiger partial charge is 0.411 e. The van der Waals surface area contributed by atoms with E-state index in [1.54, 1.807) is 0 Å². The first-order valence-corrected chi connectivity index (χ1v) is 4.66. The summed E-state index contributed by atoms with van der Waals surface area (Å²) in [5, 5.41) is 0. The van der Waals surface area contributed by atoms with Crippen molar-refractivity contribution in [1.82, 2.24) is 0 Å². The van der Waals surface area contributed by atoms with Crippen molar-refractivity contribution in [2.24, 2.45) is 0 Å². The molecule has 0 aliphatic carbocycles. The maximum atomic E-state index is 12.9. The lowest BCUT2D eigenvalue weighted by atomic mass is 9.98. The van der Waals surface area contributed by atoms with Crippen LogP contribution in [-0.4, -0.2) is 48.8 Å². The first kappa shape index (κ1) is 16.4. The van der Waals surface area contributed by atoms with E-state index in [0.29, 0.717) is 0 Å². The van der Waals surface area contributed by atoms with Gasteiger partial charge in [0.1, 0.15) is 13.2 Å². The van der Waals surface area contributed by atoms with Gasteiger partial charge < -0.3 is 9.47 Å². The molecular formula is C8H4F8O4. The zero-order valence-electron chi connectivity index (χ0n) is 9.07. The average molecular weight is 316 g/mol. The molecule has 0 aromatic heterocycles. The Labute approximate surface area is 104 Å². The molecule has 1 heterocycles. The molecule has 1 saturated heterocycles. The molecule has 0 aromatic rings. The number of hydrogen-bond donors (Lipinski definition) is 0. The van der Waals surface area contributed by atoms with Crippen LogP contribution in [0, 0.1) is 0 Å². The third-order valence-electron chi connectivity index (χ3n) is 2.25. The van der Waals surface area contributed by atoms with Crippen LogP contribution < -0.4 is 0 Å². The lowest BCUT2D eigenvalue weighted by Gasteiger charge is -2.35. The zero-order chi connectivity index (χ0) is 16.0. The molecule has 0 aromatic carbocycles. The minimum absolute atomic E-state index is 1.28. The minimum atomic E-state index is -6.88. The maximum absolute atomic E-state index is 12.9. The van der Waals surface area contributed by atoms with Gasteiger partial charge in [-0.1, -0.05) is 0 Å². The Hall–Kier alpha value is -1.62. The van der Waals surface area contributed by atoms with Gasteiger partial charge in [-0.3, -0.25) is 0 Å². The van der Waals surface area contributed by atoms with Crippen molar-refractivity contribution in [1.29, 1.82) is 0 Å². The fraction of sp³-hybridized carbons (Fsp3) is 0.750. The van der Waals surface area contributed by atoms with Crippen molar-refractivity contribution >= 4 is 11.9 Å². The Kier molecular flexibility index (Phi) is 3.65. The molecule has 1 rings (SSSR count). The number of hydrogen-bond acceptors (Lipinski definition) is 4. The second-order valence-electron chi connectivity index (χ2n) is 3.57. The summed E-state index contributed by atoms with van der Waals surface area (Å²) in [7, 11) is 0. The number of ether oxygens (including phenoxy) is 2. The van der Waals surface area contributed by atoms with Gasteiger partial charge >= 0.3 is 35.6 Å². The molecule has 0 radical (unpaired) electrons. The van der Waals surface area contributed by atoms with Crippen LogP contribution >= 0.6 is 0 Å². The Morgan fingerprint density at radius 2 is 0.900 bits per heavy atom. The molecule has 4 nitrogen and oxygen atoms in total. The van der Waals surface area contributed by atoms with Gasteiger partial charge in [0, 0.05) is 0 Å². The van der Waals surface area contributed by atoms with Crippen molar-refractivity contribution in [3.63, 3.8) is 0 Å². The molecule has 1 fully saturated rings. The van der Waals surface area contributed by atoms with Crippen LogP contribution in [0.25, 0.3) is 0 Å². The summed E-state index contributed by atoms with van der Waals surface area (Å²) in [4.78, 5) is 21.2. The van der Waals surface area contributed by atoms with E-state index >= 15 is 0 Å². The van der Waals surface area contributed by atoms with E-state index < -0.39 is 48.8 Å². The van der Waals surface area contributed by atoms with E-state index in [1.165, 1.54) is 0 Å². The van der Waals surface area contributed by atoms with Gasteiger partial charge in [0.05, 0.1) is 0 Å². The highest BCUT2D eigenvalue weighted by molar-refractivity contribution is 5.82. The van der Waals surface area contributed by atoms with Gasteiger partial charge in [-0.25, -0.2) is 9.59 Å². The van der Waals surface area contributed by atoms with E-state index in [0.717, 1.165) is 0 Å². The summed E-state index contributed by atoms with van der Waals surface area (Å²) in [6.07, 6.45) is 0. The molecule has 20 heavy (non-hydrogen) atoms. The van der Waals surface area contributed by atoms with Crippen molar-refractivity contribution in [2.45, 2.75) is 23.7 Å². The number of esters is 2. The van der Waals surface area contributed by atoms with Gasteiger partial charge in [-0.2, -0.15) is 35.1 Å². The van der Waals surface area contributed by atoms with Crippen molar-refractivity contribution in [3.05, 3.63) is 0 Å². The van der Waals surface area contributed by atoms with Gasteiger partial charge in [0.25, 0.3) is 0 Å². The van der Waals surface area contributed by atoms with Crippen LogP contribution in [0.2, 0.25) is 0 Å². The number of cyclic esters (lactones) is 2. The predicted molar refractivity (Wildman–Crippen MR) is 41.7 cm³/mol. The molecule has 0 amide bonds. The van der Waals surface area contributed by atoms with E-state index in [9.17, 15) is 44.7 Å². The van der Waals surface area contributed by atoms with E-state index in [1.807, 2.05) is 0 Å². The predicted octanol–water partition coefficient (Wildman–Crippen LogP) is 1.63. The molecule has 0 atom stereocenters. The van der Waals surface area contributed by atoms with Crippen molar-refractivity contribution < 1.29 is 54.2 Å². The van der Waals surface area contributed by atoms with Crippen LogP contribution in [0.3, 0.4) is 0 Å². The second kappa shape index (κ2) is 4.45. The van der Waals surface area contributed by atoms with Crippen molar-refractivity contribution in [2.75, 3.05) is 13.2 Å². The van der Waals surface area contributed by atoms with Gasteiger partial charge in [-0.15, -0.1) is 0 Å². The zero-order valence-corrected chi connectivity index (χ0v) is 9.07. The molecule has 1 aliphatic rings. The van der Waals surface area contributed by atoms with Gasteiger partial charge in [-0.05, 0) is 0 Å². The molecule has 0 saturated carbocycles. The van der Waals surface area contributed by atoms with Crippen LogP contribution in [-0.2, 0) is 19.1 Å². The van der Waals surface area contributed by atoms with E-state index in [2.05, 4.69) is 9.47 Å². The van der Waals surface area contributed by atoms with E-state index in [-0.39, 0.29) is 0 Å². The highest BCUT2D eigenvalue weighted by Gasteiger charge is 2.85. The summed E-state index contributed by atoms with van der Waals surface area (Å²) in [5.74, 6) is -32.6. The lowest BCUT2D eigenvalue weighted by Crippen LogP contribution is -2.67. The SMILES string of the molecule is O=C1OCCOC(=O)C(F)(F)C(F)(F)C(F)(F)C1(F)F. The number of halogens is 8. The van der Waals surface area contributed by atoms with Gasteiger partial charge in [0.15, 0.2) is 0 Å². The summed E-state index contributed by atoms with van der Waals surface area (Å²) >= 11 is 0. The average Bonchev–Trinajstić information content (AvgIpc) is 2.31. The van der Waals surface area contributed by atoms with Gasteiger partial charge in [0.2, 0.25) is 0 Å². The molecule has 0 spiro atoms. The first-order chi connectivity index (χ1) is 8.80. The fourth-order valence-corrected chi connectivity index (χ4v) is 1.10. The number of carbonyl (C=O) groups excluding carboxylic acids is 2. The fourth-order valence-electron chi connectivity index (χ4n) is 1.10.